The number of aliphatic imine (C=N–C) groups is 1. The highest BCUT2D eigenvalue weighted by atomic mass is 35.5. The van der Waals surface area contributed by atoms with Crippen molar-refractivity contribution in [2.75, 3.05) is 4.72 Å². The van der Waals surface area contributed by atoms with Gasteiger partial charge in [-0.1, -0.05) is 11.6 Å². The summed E-state index contributed by atoms with van der Waals surface area (Å²) in [4.78, 5) is 25.4. The van der Waals surface area contributed by atoms with E-state index in [1.165, 1.54) is 23.0 Å². The van der Waals surface area contributed by atoms with E-state index in [1.807, 2.05) is 0 Å². The molecule has 0 atom stereocenters. The van der Waals surface area contributed by atoms with Gasteiger partial charge < -0.3 is 0 Å². The van der Waals surface area contributed by atoms with E-state index in [-0.39, 0.29) is 16.4 Å². The molecule has 4 rings (SSSR count). The molecule has 0 bridgehead atoms. The van der Waals surface area contributed by atoms with Crippen LogP contribution in [0, 0.1) is 20.8 Å². The Morgan fingerprint density at radius 2 is 1.62 bits per heavy atom. The predicted molar refractivity (Wildman–Crippen MR) is 132 cm³/mol. The molecular weight excluding hydrogens is 476 g/mol. The molecule has 0 aliphatic rings. The van der Waals surface area contributed by atoms with E-state index < -0.39 is 10.0 Å². The first kappa shape index (κ1) is 23.4. The summed E-state index contributed by atoms with van der Waals surface area (Å²) in [5.41, 5.74) is 3.21. The summed E-state index contributed by atoms with van der Waals surface area (Å²) < 4.78 is 29.1. The monoisotopic (exact) mass is 496 g/mol. The van der Waals surface area contributed by atoms with Gasteiger partial charge in [-0.2, -0.15) is 0 Å². The number of aromatic amines is 1. The summed E-state index contributed by atoms with van der Waals surface area (Å²) in [6.07, 6.45) is 1.45. The third-order valence-corrected chi connectivity index (χ3v) is 6.50. The minimum atomic E-state index is -3.87. The Bertz CT molecular complexity index is 1520. The zero-order chi connectivity index (χ0) is 24.5. The molecule has 4 aromatic rings. The van der Waals surface area contributed by atoms with E-state index >= 15 is 0 Å². The second kappa shape index (κ2) is 9.24. The highest BCUT2D eigenvalue weighted by Crippen LogP contribution is 2.19. The third-order valence-electron chi connectivity index (χ3n) is 4.90. The molecule has 0 amide bonds. The van der Waals surface area contributed by atoms with Gasteiger partial charge in [0.15, 0.2) is 0 Å². The molecule has 0 saturated heterocycles. The van der Waals surface area contributed by atoms with Gasteiger partial charge in [0.1, 0.15) is 0 Å². The Hall–Kier alpha value is -3.76. The van der Waals surface area contributed by atoms with Gasteiger partial charge >= 0.3 is 0 Å². The molecule has 2 N–H and O–H groups in total. The normalized spacial score (nSPS) is 11.8. The predicted octanol–water partition coefficient (Wildman–Crippen LogP) is 4.09. The summed E-state index contributed by atoms with van der Waals surface area (Å²) in [5, 5.41) is 3.59. The summed E-state index contributed by atoms with van der Waals surface area (Å²) >= 11 is 5.92. The SMILES string of the molecule is Cc1cc(C)nc(NS(=O)(=O)c2ccc(N=Cc3c(C)[nH]n(-c4ccc(Cl)cc4)c3=O)cc2)n1. The van der Waals surface area contributed by atoms with Crippen molar-refractivity contribution < 1.29 is 8.42 Å². The summed E-state index contributed by atoms with van der Waals surface area (Å²) in [7, 11) is -3.87. The van der Waals surface area contributed by atoms with Gasteiger partial charge in [0.05, 0.1) is 21.8 Å². The topological polar surface area (TPSA) is 122 Å². The van der Waals surface area contributed by atoms with Gasteiger partial charge in [0, 0.05) is 28.3 Å². The van der Waals surface area contributed by atoms with Crippen LogP contribution in [-0.2, 0) is 10.0 Å². The molecular formula is C23H21ClN6O3S. The quantitative estimate of drug-likeness (QED) is 0.389. The van der Waals surface area contributed by atoms with Crippen molar-refractivity contribution >= 4 is 39.5 Å². The number of aromatic nitrogens is 4. The Kier molecular flexibility index (Phi) is 6.36. The maximum absolute atomic E-state index is 12.8. The van der Waals surface area contributed by atoms with Crippen LogP contribution in [0.15, 0.2) is 69.3 Å². The van der Waals surface area contributed by atoms with Crippen LogP contribution in [-0.4, -0.2) is 34.4 Å². The van der Waals surface area contributed by atoms with Crippen LogP contribution in [0.3, 0.4) is 0 Å². The van der Waals surface area contributed by atoms with Crippen LogP contribution in [0.1, 0.15) is 22.6 Å². The molecule has 2 aromatic carbocycles. The lowest BCUT2D eigenvalue weighted by Gasteiger charge is -2.08. The molecule has 0 unspecified atom stereocenters. The third kappa shape index (κ3) is 5.08. The Labute approximate surface area is 201 Å². The van der Waals surface area contributed by atoms with Crippen LogP contribution in [0.5, 0.6) is 0 Å². The molecule has 174 valence electrons. The first-order valence-electron chi connectivity index (χ1n) is 10.2. The van der Waals surface area contributed by atoms with Crippen molar-refractivity contribution in [1.82, 2.24) is 19.7 Å². The van der Waals surface area contributed by atoms with E-state index in [0.717, 1.165) is 0 Å². The smallest absolute Gasteiger partial charge is 0.280 e. The zero-order valence-electron chi connectivity index (χ0n) is 18.6. The standard InChI is InChI=1S/C23H21ClN6O3S/c1-14-12-15(2)27-23(26-14)29-34(32,33)20-10-6-18(7-11-20)25-13-21-16(3)28-30(22(21)31)19-8-4-17(24)5-9-19/h4-13,28H,1-3H3,(H,26,27,29). The lowest BCUT2D eigenvalue weighted by atomic mass is 10.2. The Morgan fingerprint density at radius 1 is 1.00 bits per heavy atom. The van der Waals surface area contributed by atoms with Gasteiger partial charge in [-0.3, -0.25) is 14.9 Å². The summed E-state index contributed by atoms with van der Waals surface area (Å²) in [5.74, 6) is 0.0134. The molecule has 0 fully saturated rings. The minimum absolute atomic E-state index is 0.0134. The van der Waals surface area contributed by atoms with Crippen LogP contribution >= 0.6 is 11.6 Å². The second-order valence-electron chi connectivity index (χ2n) is 7.60. The van der Waals surface area contributed by atoms with Gasteiger partial charge in [0.2, 0.25) is 5.95 Å². The number of hydrogen-bond acceptors (Lipinski definition) is 6. The fourth-order valence-electron chi connectivity index (χ4n) is 3.28. The van der Waals surface area contributed by atoms with E-state index in [2.05, 4.69) is 24.8 Å². The van der Waals surface area contributed by atoms with E-state index in [4.69, 9.17) is 11.6 Å². The average Bonchev–Trinajstić information content (AvgIpc) is 3.05. The van der Waals surface area contributed by atoms with E-state index in [0.29, 0.717) is 39.0 Å². The number of nitrogens with one attached hydrogen (secondary N) is 2. The van der Waals surface area contributed by atoms with Gasteiger partial charge in [-0.05, 0) is 75.4 Å². The lowest BCUT2D eigenvalue weighted by Crippen LogP contribution is -2.17. The van der Waals surface area contributed by atoms with Crippen molar-refractivity contribution in [3.8, 4) is 5.69 Å². The van der Waals surface area contributed by atoms with Crippen LogP contribution < -0.4 is 10.3 Å². The van der Waals surface area contributed by atoms with Gasteiger partial charge in [-0.15, -0.1) is 0 Å². The van der Waals surface area contributed by atoms with Crippen LogP contribution in [0.4, 0.5) is 11.6 Å². The largest absolute Gasteiger partial charge is 0.295 e. The molecule has 2 heterocycles. The maximum Gasteiger partial charge on any atom is 0.280 e. The van der Waals surface area contributed by atoms with Crippen molar-refractivity contribution in [2.24, 2.45) is 4.99 Å². The number of nitrogens with zero attached hydrogens (tertiary/aromatic N) is 4. The van der Waals surface area contributed by atoms with Crippen molar-refractivity contribution in [2.45, 2.75) is 25.7 Å². The molecule has 0 aliphatic heterocycles. The number of aryl methyl sites for hydroxylation is 3. The highest BCUT2D eigenvalue weighted by Gasteiger charge is 2.16. The van der Waals surface area contributed by atoms with E-state index in [1.54, 1.807) is 63.2 Å². The van der Waals surface area contributed by atoms with Crippen molar-refractivity contribution in [1.29, 1.82) is 0 Å². The maximum atomic E-state index is 12.8. The van der Waals surface area contributed by atoms with Gasteiger partial charge in [0.25, 0.3) is 15.6 Å². The second-order valence-corrected chi connectivity index (χ2v) is 9.72. The lowest BCUT2D eigenvalue weighted by molar-refractivity contribution is 0.601. The van der Waals surface area contributed by atoms with E-state index in [9.17, 15) is 13.2 Å². The summed E-state index contributed by atoms with van der Waals surface area (Å²) in [6.45, 7) is 5.29. The number of hydrogen-bond donors (Lipinski definition) is 2. The molecule has 0 saturated carbocycles. The fourth-order valence-corrected chi connectivity index (χ4v) is 4.35. The first-order valence-corrected chi connectivity index (χ1v) is 12.1. The molecule has 0 spiro atoms. The summed E-state index contributed by atoms with van der Waals surface area (Å²) in [6, 6.07) is 14.6. The van der Waals surface area contributed by atoms with Gasteiger partial charge in [-0.25, -0.2) is 27.8 Å². The number of anilines is 1. The number of halogens is 1. The first-order chi connectivity index (χ1) is 16.1. The number of sulfonamides is 1. The number of benzene rings is 2. The Balaban J connectivity index is 1.54. The molecule has 34 heavy (non-hydrogen) atoms. The minimum Gasteiger partial charge on any atom is -0.295 e. The Morgan fingerprint density at radius 3 is 2.24 bits per heavy atom. The average molecular weight is 497 g/mol. The van der Waals surface area contributed by atoms with Crippen molar-refractivity contribution in [3.05, 3.63) is 92.6 Å². The van der Waals surface area contributed by atoms with Crippen LogP contribution in [0.25, 0.3) is 5.69 Å². The fraction of sp³-hybridized carbons (Fsp3) is 0.130. The number of H-pyrrole nitrogens is 1. The molecule has 0 aliphatic carbocycles. The highest BCUT2D eigenvalue weighted by molar-refractivity contribution is 7.92. The number of rotatable bonds is 6. The molecule has 11 heteroatoms. The molecule has 9 nitrogen and oxygen atoms in total. The van der Waals surface area contributed by atoms with Crippen LogP contribution in [0.2, 0.25) is 5.02 Å². The zero-order valence-corrected chi connectivity index (χ0v) is 20.1. The molecule has 0 radical (unpaired) electrons. The van der Waals surface area contributed by atoms with Crippen molar-refractivity contribution in [3.63, 3.8) is 0 Å². The molecule has 2 aromatic heterocycles.